The van der Waals surface area contributed by atoms with Crippen molar-refractivity contribution in [2.45, 2.75) is 83.0 Å². The molecule has 3 rings (SSSR count). The second kappa shape index (κ2) is 9.59. The fourth-order valence-corrected chi connectivity index (χ4v) is 5.02. The molecule has 2 fully saturated rings. The quantitative estimate of drug-likeness (QED) is 0.685. The summed E-state index contributed by atoms with van der Waals surface area (Å²) in [5.41, 5.74) is 7.22. The summed E-state index contributed by atoms with van der Waals surface area (Å²) < 4.78 is 0. The molecule has 0 spiro atoms. The lowest BCUT2D eigenvalue weighted by Gasteiger charge is -2.46. The Labute approximate surface area is 176 Å². The minimum absolute atomic E-state index is 0.0883. The summed E-state index contributed by atoms with van der Waals surface area (Å²) in [7, 11) is 0. The Morgan fingerprint density at radius 3 is 2.52 bits per heavy atom. The SMILES string of the molecule is CC(C)(C)NC(=O)[C@@H]1C[C@@H]2CCCC[C@@H]2CN1CC(O)[C@@H](N)Cc1ccccc1. The number of β-amino-alcohol motifs (C(OH)–C–C–N with tert-alkyl or cyclic N) is 1. The number of hydrogen-bond donors (Lipinski definition) is 3. The smallest absolute Gasteiger partial charge is 0.237 e. The van der Waals surface area contributed by atoms with Gasteiger partial charge in [-0.1, -0.05) is 49.6 Å². The van der Waals surface area contributed by atoms with Crippen LogP contribution in [0.5, 0.6) is 0 Å². The molecule has 1 aliphatic heterocycles. The molecule has 0 radical (unpaired) electrons. The van der Waals surface area contributed by atoms with E-state index in [4.69, 9.17) is 5.73 Å². The van der Waals surface area contributed by atoms with Crippen LogP contribution in [0.4, 0.5) is 0 Å². The molecule has 0 aromatic heterocycles. The highest BCUT2D eigenvalue weighted by Crippen LogP contribution is 2.38. The largest absolute Gasteiger partial charge is 0.390 e. The van der Waals surface area contributed by atoms with E-state index in [-0.39, 0.29) is 23.5 Å². The van der Waals surface area contributed by atoms with E-state index in [1.54, 1.807) is 0 Å². The van der Waals surface area contributed by atoms with Gasteiger partial charge in [0, 0.05) is 24.7 Å². The predicted octanol–water partition coefficient (Wildman–Crippen LogP) is 2.71. The average Bonchev–Trinajstić information content (AvgIpc) is 2.66. The number of nitrogens with one attached hydrogen (secondary N) is 1. The third kappa shape index (κ3) is 6.27. The number of benzene rings is 1. The number of rotatable bonds is 6. The Bertz CT molecular complexity index is 658. The summed E-state index contributed by atoms with van der Waals surface area (Å²) in [6.07, 6.45) is 5.91. The molecule has 1 heterocycles. The molecule has 1 aromatic rings. The first-order valence-electron chi connectivity index (χ1n) is 11.3. The van der Waals surface area contributed by atoms with E-state index in [1.807, 2.05) is 51.1 Å². The van der Waals surface area contributed by atoms with Gasteiger partial charge in [-0.15, -0.1) is 0 Å². The first-order valence-corrected chi connectivity index (χ1v) is 11.3. The lowest BCUT2D eigenvalue weighted by Crippen LogP contribution is -2.59. The monoisotopic (exact) mass is 401 g/mol. The molecule has 1 saturated carbocycles. The standard InChI is InChI=1S/C24H39N3O2/c1-24(2,3)26-23(29)21-14-18-11-7-8-12-19(18)15-27(21)16-22(28)20(25)13-17-9-5-4-6-10-17/h4-6,9-10,18-22,28H,7-8,11-16,25H2,1-3H3,(H,26,29)/t18-,19+,20-,21-,22?/m0/s1. The van der Waals surface area contributed by atoms with Crippen LogP contribution in [-0.2, 0) is 11.2 Å². The number of piperidine rings is 1. The second-order valence-corrected chi connectivity index (χ2v) is 10.2. The Hall–Kier alpha value is -1.43. The van der Waals surface area contributed by atoms with Crippen LogP contribution < -0.4 is 11.1 Å². The van der Waals surface area contributed by atoms with Crippen molar-refractivity contribution in [1.29, 1.82) is 0 Å². The van der Waals surface area contributed by atoms with Crippen molar-refractivity contribution in [2.75, 3.05) is 13.1 Å². The van der Waals surface area contributed by atoms with Crippen LogP contribution in [0.15, 0.2) is 30.3 Å². The van der Waals surface area contributed by atoms with Gasteiger partial charge in [0.25, 0.3) is 0 Å². The number of fused-ring (bicyclic) bond motifs is 1. The van der Waals surface area contributed by atoms with Crippen molar-refractivity contribution in [3.8, 4) is 0 Å². The van der Waals surface area contributed by atoms with E-state index in [0.717, 1.165) is 18.5 Å². The maximum atomic E-state index is 13.1. The number of amides is 1. The Balaban J connectivity index is 1.67. The van der Waals surface area contributed by atoms with Gasteiger partial charge in [0.2, 0.25) is 5.91 Å². The number of likely N-dealkylation sites (tertiary alicyclic amines) is 1. The summed E-state index contributed by atoms with van der Waals surface area (Å²) >= 11 is 0. The minimum Gasteiger partial charge on any atom is -0.390 e. The molecule has 5 atom stereocenters. The molecule has 5 heteroatoms. The number of nitrogens with two attached hydrogens (primary N) is 1. The van der Waals surface area contributed by atoms with Crippen LogP contribution in [0, 0.1) is 11.8 Å². The van der Waals surface area contributed by atoms with Crippen molar-refractivity contribution < 1.29 is 9.90 Å². The van der Waals surface area contributed by atoms with E-state index in [1.165, 1.54) is 25.7 Å². The van der Waals surface area contributed by atoms with Crippen molar-refractivity contribution >= 4 is 5.91 Å². The molecular formula is C24H39N3O2. The first kappa shape index (κ1) is 22.3. The topological polar surface area (TPSA) is 78.6 Å². The van der Waals surface area contributed by atoms with Gasteiger partial charge >= 0.3 is 0 Å². The molecule has 29 heavy (non-hydrogen) atoms. The van der Waals surface area contributed by atoms with Crippen molar-refractivity contribution in [2.24, 2.45) is 17.6 Å². The van der Waals surface area contributed by atoms with Crippen LogP contribution in [0.1, 0.15) is 58.4 Å². The summed E-state index contributed by atoms with van der Waals surface area (Å²) in [5, 5.41) is 14.0. The van der Waals surface area contributed by atoms with Crippen LogP contribution in [-0.4, -0.2) is 52.7 Å². The molecular weight excluding hydrogens is 362 g/mol. The van der Waals surface area contributed by atoms with Crippen LogP contribution in [0.2, 0.25) is 0 Å². The Kier molecular flexibility index (Phi) is 7.36. The van der Waals surface area contributed by atoms with Gasteiger partial charge < -0.3 is 16.2 Å². The zero-order valence-corrected chi connectivity index (χ0v) is 18.3. The molecule has 5 nitrogen and oxygen atoms in total. The van der Waals surface area contributed by atoms with Gasteiger partial charge in [0.05, 0.1) is 12.1 Å². The molecule has 1 amide bonds. The highest BCUT2D eigenvalue weighted by atomic mass is 16.3. The van der Waals surface area contributed by atoms with Crippen molar-refractivity contribution in [3.63, 3.8) is 0 Å². The predicted molar refractivity (Wildman–Crippen MR) is 117 cm³/mol. The number of aliphatic hydroxyl groups is 1. The van der Waals surface area contributed by atoms with Crippen LogP contribution >= 0.6 is 0 Å². The molecule has 2 aliphatic rings. The Morgan fingerprint density at radius 1 is 1.21 bits per heavy atom. The molecule has 1 saturated heterocycles. The van der Waals surface area contributed by atoms with E-state index < -0.39 is 6.10 Å². The number of carbonyl (C=O) groups excluding carboxylic acids is 1. The van der Waals surface area contributed by atoms with E-state index in [9.17, 15) is 9.90 Å². The van der Waals surface area contributed by atoms with E-state index >= 15 is 0 Å². The first-order chi connectivity index (χ1) is 13.7. The lowest BCUT2D eigenvalue weighted by atomic mass is 9.72. The van der Waals surface area contributed by atoms with Crippen LogP contribution in [0.3, 0.4) is 0 Å². The normalized spacial score (nSPS) is 27.7. The molecule has 1 aliphatic carbocycles. The zero-order chi connectivity index (χ0) is 21.0. The lowest BCUT2D eigenvalue weighted by molar-refractivity contribution is -0.132. The third-order valence-corrected chi connectivity index (χ3v) is 6.53. The van der Waals surface area contributed by atoms with Gasteiger partial charge in [-0.25, -0.2) is 0 Å². The van der Waals surface area contributed by atoms with Crippen LogP contribution in [0.25, 0.3) is 0 Å². The molecule has 1 aromatic carbocycles. The average molecular weight is 402 g/mol. The fraction of sp³-hybridized carbons (Fsp3) is 0.708. The molecule has 1 unspecified atom stereocenters. The van der Waals surface area contributed by atoms with Gasteiger partial charge in [-0.2, -0.15) is 0 Å². The highest BCUT2D eigenvalue weighted by molar-refractivity contribution is 5.82. The number of aliphatic hydroxyl groups excluding tert-OH is 1. The molecule has 162 valence electrons. The number of carbonyl (C=O) groups is 1. The third-order valence-electron chi connectivity index (χ3n) is 6.53. The van der Waals surface area contributed by atoms with Gasteiger partial charge in [0.15, 0.2) is 0 Å². The molecule has 4 N–H and O–H groups in total. The maximum absolute atomic E-state index is 13.1. The van der Waals surface area contributed by atoms with Crippen molar-refractivity contribution in [3.05, 3.63) is 35.9 Å². The van der Waals surface area contributed by atoms with Gasteiger partial charge in [-0.05, 0) is 57.4 Å². The summed E-state index contributed by atoms with van der Waals surface area (Å²) in [6.45, 7) is 7.41. The minimum atomic E-state index is -0.653. The summed E-state index contributed by atoms with van der Waals surface area (Å²) in [5.74, 6) is 1.36. The van der Waals surface area contributed by atoms with E-state index in [0.29, 0.717) is 24.8 Å². The van der Waals surface area contributed by atoms with Gasteiger partial charge in [-0.3, -0.25) is 9.69 Å². The summed E-state index contributed by atoms with van der Waals surface area (Å²) in [4.78, 5) is 15.3. The fourth-order valence-electron chi connectivity index (χ4n) is 5.02. The van der Waals surface area contributed by atoms with Gasteiger partial charge in [0.1, 0.15) is 0 Å². The zero-order valence-electron chi connectivity index (χ0n) is 18.3. The van der Waals surface area contributed by atoms with Crippen molar-refractivity contribution in [1.82, 2.24) is 10.2 Å². The Morgan fingerprint density at radius 2 is 1.86 bits per heavy atom. The number of nitrogens with zero attached hydrogens (tertiary/aromatic N) is 1. The molecule has 0 bridgehead atoms. The summed E-state index contributed by atoms with van der Waals surface area (Å²) in [6, 6.07) is 9.54. The van der Waals surface area contributed by atoms with E-state index in [2.05, 4.69) is 10.2 Å². The maximum Gasteiger partial charge on any atom is 0.237 e. The number of hydrogen-bond acceptors (Lipinski definition) is 4. The highest BCUT2D eigenvalue weighted by Gasteiger charge is 2.41. The second-order valence-electron chi connectivity index (χ2n) is 10.2.